The molecule has 0 fully saturated rings. The minimum atomic E-state index is -2.59. The van der Waals surface area contributed by atoms with Crippen molar-refractivity contribution in [3.05, 3.63) is 0 Å². The Bertz CT molecular complexity index is 343. The largest absolute Gasteiger partial charge is 0.458 e. The zero-order valence-corrected chi connectivity index (χ0v) is 10.5. The third-order valence-electron chi connectivity index (χ3n) is 1.48. The number of hydrogen-bond donors (Lipinski definition) is 0. The van der Waals surface area contributed by atoms with Gasteiger partial charge in [0.1, 0.15) is 5.60 Å². The number of carbonyl (C=O) groups excluding carboxylic acids is 1. The van der Waals surface area contributed by atoms with Gasteiger partial charge in [-0.1, -0.05) is 13.8 Å². The van der Waals surface area contributed by atoms with Gasteiger partial charge in [-0.05, 0) is 26.7 Å². The van der Waals surface area contributed by atoms with E-state index in [1.807, 2.05) is 0 Å². The molecule has 0 aliphatic rings. The van der Waals surface area contributed by atoms with Crippen molar-refractivity contribution in [2.24, 2.45) is 10.3 Å². The van der Waals surface area contributed by atoms with Crippen LogP contribution in [0.1, 0.15) is 34.6 Å². The fourth-order valence-electron chi connectivity index (χ4n) is 0.892. The number of nitrogens with zero attached hydrogens (tertiary/aromatic N) is 1. The summed E-state index contributed by atoms with van der Waals surface area (Å²) < 4.78 is 29.2. The minimum Gasteiger partial charge on any atom is -0.458 e. The summed E-state index contributed by atoms with van der Waals surface area (Å²) in [6.45, 7) is 8.58. The topological polar surface area (TPSA) is 72.8 Å². The molecule has 88 valence electrons. The first kappa shape index (κ1) is 14.1. The van der Waals surface area contributed by atoms with Crippen molar-refractivity contribution in [3.63, 3.8) is 0 Å². The molecular weight excluding hydrogens is 218 g/mol. The Morgan fingerprint density at radius 2 is 1.73 bits per heavy atom. The normalized spacial score (nSPS) is 13.5. The van der Waals surface area contributed by atoms with Crippen molar-refractivity contribution >= 4 is 16.5 Å². The fourth-order valence-corrected chi connectivity index (χ4v) is 1.41. The zero-order valence-electron chi connectivity index (χ0n) is 9.64. The summed E-state index contributed by atoms with van der Waals surface area (Å²) in [6, 6.07) is -0.956. The Hall–Kier alpha value is -0.910. The van der Waals surface area contributed by atoms with Crippen molar-refractivity contribution in [1.82, 2.24) is 0 Å². The van der Waals surface area contributed by atoms with Gasteiger partial charge in [-0.15, -0.1) is 0 Å². The Labute approximate surface area is 91.5 Å². The third-order valence-corrected chi connectivity index (χ3v) is 1.88. The molecule has 0 aliphatic heterocycles. The Morgan fingerprint density at radius 3 is 2.00 bits per heavy atom. The van der Waals surface area contributed by atoms with Gasteiger partial charge in [-0.2, -0.15) is 12.8 Å². The first-order chi connectivity index (χ1) is 6.63. The van der Waals surface area contributed by atoms with Crippen LogP contribution in [-0.4, -0.2) is 26.0 Å². The molecule has 0 N–H and O–H groups in total. The van der Waals surface area contributed by atoms with E-state index in [1.54, 1.807) is 34.6 Å². The van der Waals surface area contributed by atoms with E-state index in [4.69, 9.17) is 4.74 Å². The minimum absolute atomic E-state index is 0.210. The molecule has 0 bridgehead atoms. The summed E-state index contributed by atoms with van der Waals surface area (Å²) in [4.78, 5) is 11.5. The van der Waals surface area contributed by atoms with Gasteiger partial charge in [-0.25, -0.2) is 4.79 Å². The monoisotopic (exact) mass is 235 g/mol. The van der Waals surface area contributed by atoms with Crippen molar-refractivity contribution in [3.8, 4) is 0 Å². The van der Waals surface area contributed by atoms with E-state index < -0.39 is 28.1 Å². The summed E-state index contributed by atoms with van der Waals surface area (Å²) in [6.07, 6.45) is 0. The van der Waals surface area contributed by atoms with Gasteiger partial charge in [0, 0.05) is 0 Å². The number of hydrogen-bond acceptors (Lipinski definition) is 5. The van der Waals surface area contributed by atoms with E-state index in [2.05, 4.69) is 4.36 Å². The van der Waals surface area contributed by atoms with E-state index >= 15 is 0 Å². The van der Waals surface area contributed by atoms with Crippen LogP contribution in [0.2, 0.25) is 0 Å². The smallest absolute Gasteiger partial charge is 0.332 e. The predicted octanol–water partition coefficient (Wildman–Crippen LogP) is 1.42. The van der Waals surface area contributed by atoms with Crippen LogP contribution >= 0.6 is 0 Å². The summed E-state index contributed by atoms with van der Waals surface area (Å²) in [7, 11) is -2.59. The number of rotatable bonds is 3. The first-order valence-corrected chi connectivity index (χ1v) is 5.70. The number of ether oxygens (including phenoxy) is 1. The standard InChI is InChI=1S/C9H17NO4S/c1-6(2)7(10-15(12)13)8(11)14-9(3,4)5/h6-7H,1-5H3. The Balaban J connectivity index is 4.81. The van der Waals surface area contributed by atoms with Gasteiger partial charge < -0.3 is 4.74 Å². The summed E-state index contributed by atoms with van der Waals surface area (Å²) in [5.74, 6) is -0.820. The van der Waals surface area contributed by atoms with Crippen LogP contribution in [0.25, 0.3) is 0 Å². The molecule has 0 saturated carbocycles. The molecule has 0 rings (SSSR count). The van der Waals surface area contributed by atoms with Gasteiger partial charge in [0.25, 0.3) is 0 Å². The summed E-state index contributed by atoms with van der Waals surface area (Å²) >= 11 is 0. The second kappa shape index (κ2) is 5.25. The molecule has 1 atom stereocenters. The summed E-state index contributed by atoms with van der Waals surface area (Å²) in [5, 5.41) is 0. The molecule has 0 heterocycles. The van der Waals surface area contributed by atoms with Crippen molar-refractivity contribution in [2.45, 2.75) is 46.3 Å². The van der Waals surface area contributed by atoms with Crippen LogP contribution in [0, 0.1) is 5.92 Å². The molecule has 0 radical (unpaired) electrons. The van der Waals surface area contributed by atoms with Crippen molar-refractivity contribution < 1.29 is 17.9 Å². The van der Waals surface area contributed by atoms with Gasteiger partial charge in [0.2, 0.25) is 0 Å². The average Bonchev–Trinajstić information content (AvgIpc) is 1.95. The van der Waals surface area contributed by atoms with Crippen molar-refractivity contribution in [1.29, 1.82) is 0 Å². The molecule has 0 spiro atoms. The molecular formula is C9H17NO4S. The quantitative estimate of drug-likeness (QED) is 0.693. The zero-order chi connectivity index (χ0) is 12.2. The molecule has 0 saturated heterocycles. The second-order valence-corrected chi connectivity index (χ2v) is 5.19. The van der Waals surface area contributed by atoms with Crippen LogP contribution in [-0.2, 0) is 20.0 Å². The lowest BCUT2D eigenvalue weighted by Crippen LogP contribution is -2.33. The molecule has 0 aromatic carbocycles. The maximum atomic E-state index is 11.5. The van der Waals surface area contributed by atoms with E-state index in [-0.39, 0.29) is 5.92 Å². The Morgan fingerprint density at radius 1 is 1.27 bits per heavy atom. The molecule has 0 aromatic rings. The highest BCUT2D eigenvalue weighted by atomic mass is 32.2. The SMILES string of the molecule is CC(C)C(N=S(=O)=O)C(=O)OC(C)(C)C. The predicted molar refractivity (Wildman–Crippen MR) is 55.8 cm³/mol. The molecule has 1 unspecified atom stereocenters. The summed E-state index contributed by atoms with van der Waals surface area (Å²) in [5.41, 5.74) is -0.635. The number of esters is 1. The van der Waals surface area contributed by atoms with Crippen LogP contribution in [0.5, 0.6) is 0 Å². The maximum Gasteiger partial charge on any atom is 0.332 e. The van der Waals surface area contributed by atoms with Gasteiger partial charge in [0.15, 0.2) is 6.04 Å². The van der Waals surface area contributed by atoms with E-state index in [0.717, 1.165) is 0 Å². The second-order valence-electron chi connectivity index (χ2n) is 4.54. The molecule has 0 amide bonds. The van der Waals surface area contributed by atoms with E-state index in [1.165, 1.54) is 0 Å². The lowest BCUT2D eigenvalue weighted by atomic mass is 10.1. The lowest BCUT2D eigenvalue weighted by molar-refractivity contribution is -0.157. The van der Waals surface area contributed by atoms with Crippen LogP contribution in [0.4, 0.5) is 0 Å². The van der Waals surface area contributed by atoms with Crippen LogP contribution in [0.15, 0.2) is 4.36 Å². The van der Waals surface area contributed by atoms with Gasteiger partial charge in [0.05, 0.1) is 0 Å². The van der Waals surface area contributed by atoms with Crippen molar-refractivity contribution in [2.75, 3.05) is 0 Å². The third kappa shape index (κ3) is 6.22. The highest BCUT2D eigenvalue weighted by Gasteiger charge is 2.27. The molecule has 15 heavy (non-hydrogen) atoms. The van der Waals surface area contributed by atoms with Crippen LogP contribution < -0.4 is 0 Å². The molecule has 0 aliphatic carbocycles. The highest BCUT2D eigenvalue weighted by molar-refractivity contribution is 7.61. The maximum absolute atomic E-state index is 11.5. The molecule has 0 aromatic heterocycles. The van der Waals surface area contributed by atoms with Gasteiger partial charge in [-0.3, -0.25) is 0 Å². The Kier molecular flexibility index (Phi) is 4.93. The van der Waals surface area contributed by atoms with E-state index in [0.29, 0.717) is 0 Å². The number of carbonyl (C=O) groups is 1. The van der Waals surface area contributed by atoms with Crippen LogP contribution in [0.3, 0.4) is 0 Å². The first-order valence-electron chi connectivity index (χ1n) is 4.66. The molecule has 6 heteroatoms. The fraction of sp³-hybridized carbons (Fsp3) is 0.889. The molecule has 5 nitrogen and oxygen atoms in total. The van der Waals surface area contributed by atoms with Gasteiger partial charge >= 0.3 is 16.5 Å². The van der Waals surface area contributed by atoms with E-state index in [9.17, 15) is 13.2 Å². The highest BCUT2D eigenvalue weighted by Crippen LogP contribution is 2.14. The average molecular weight is 235 g/mol. The lowest BCUT2D eigenvalue weighted by Gasteiger charge is -2.22.